The van der Waals surface area contributed by atoms with Gasteiger partial charge in [0.25, 0.3) is 0 Å². The maximum Gasteiger partial charge on any atom is 0.175 e. The van der Waals surface area contributed by atoms with Crippen LogP contribution in [0.4, 0.5) is 5.69 Å². The molecule has 2 aromatic carbocycles. The molecule has 2 rings (SSSR count). The van der Waals surface area contributed by atoms with Gasteiger partial charge >= 0.3 is 0 Å². The lowest BCUT2D eigenvalue weighted by Gasteiger charge is -2.10. The number of anilines is 1. The molecule has 0 heterocycles. The highest BCUT2D eigenvalue weighted by atomic mass is 32.2. The first kappa shape index (κ1) is 15.4. The summed E-state index contributed by atoms with van der Waals surface area (Å²) in [5, 5.41) is 3.30. The number of rotatable bonds is 6. The van der Waals surface area contributed by atoms with Crippen LogP contribution in [0, 0.1) is 6.92 Å². The van der Waals surface area contributed by atoms with Gasteiger partial charge in [-0.2, -0.15) is 0 Å². The highest BCUT2D eigenvalue weighted by molar-refractivity contribution is 7.90. The average molecular weight is 305 g/mol. The van der Waals surface area contributed by atoms with E-state index in [-0.39, 0.29) is 0 Å². The van der Waals surface area contributed by atoms with Crippen molar-refractivity contribution in [3.05, 3.63) is 54.1 Å². The van der Waals surface area contributed by atoms with E-state index in [9.17, 15) is 8.42 Å². The van der Waals surface area contributed by atoms with Crippen LogP contribution < -0.4 is 10.1 Å². The van der Waals surface area contributed by atoms with Crippen LogP contribution in [-0.4, -0.2) is 27.8 Å². The molecule has 0 bridgehead atoms. The van der Waals surface area contributed by atoms with Crippen LogP contribution in [0.5, 0.6) is 5.75 Å². The Morgan fingerprint density at radius 2 is 1.71 bits per heavy atom. The fourth-order valence-electron chi connectivity index (χ4n) is 1.91. The van der Waals surface area contributed by atoms with Gasteiger partial charge in [0.05, 0.1) is 4.90 Å². The minimum atomic E-state index is -3.15. The lowest BCUT2D eigenvalue weighted by molar-refractivity contribution is 0.332. The minimum Gasteiger partial charge on any atom is -0.492 e. The van der Waals surface area contributed by atoms with Crippen LogP contribution in [0.1, 0.15) is 5.56 Å². The number of para-hydroxylation sites is 1. The molecule has 0 saturated carbocycles. The van der Waals surface area contributed by atoms with Crippen molar-refractivity contribution in [1.82, 2.24) is 0 Å². The zero-order valence-corrected chi connectivity index (χ0v) is 13.0. The lowest BCUT2D eigenvalue weighted by Crippen LogP contribution is -2.12. The lowest BCUT2D eigenvalue weighted by atomic mass is 10.2. The van der Waals surface area contributed by atoms with Crippen molar-refractivity contribution in [1.29, 1.82) is 0 Å². The number of benzene rings is 2. The second-order valence-electron chi connectivity index (χ2n) is 4.83. The van der Waals surface area contributed by atoms with Crippen molar-refractivity contribution >= 4 is 15.5 Å². The van der Waals surface area contributed by atoms with E-state index in [2.05, 4.69) is 5.32 Å². The van der Waals surface area contributed by atoms with E-state index in [1.165, 1.54) is 11.8 Å². The topological polar surface area (TPSA) is 55.4 Å². The van der Waals surface area contributed by atoms with Gasteiger partial charge in [-0.1, -0.05) is 18.2 Å². The van der Waals surface area contributed by atoms with Gasteiger partial charge in [-0.25, -0.2) is 8.42 Å². The van der Waals surface area contributed by atoms with Crippen molar-refractivity contribution < 1.29 is 13.2 Å². The minimum absolute atomic E-state index is 0.299. The predicted molar refractivity (Wildman–Crippen MR) is 84.7 cm³/mol. The third-order valence-electron chi connectivity index (χ3n) is 3.08. The van der Waals surface area contributed by atoms with E-state index in [4.69, 9.17) is 4.74 Å². The van der Waals surface area contributed by atoms with Crippen molar-refractivity contribution in [2.24, 2.45) is 0 Å². The van der Waals surface area contributed by atoms with Gasteiger partial charge in [-0.3, -0.25) is 0 Å². The van der Waals surface area contributed by atoms with Crippen molar-refractivity contribution in [3.63, 3.8) is 0 Å². The first-order valence-corrected chi connectivity index (χ1v) is 8.58. The number of ether oxygens (including phenoxy) is 1. The second-order valence-corrected chi connectivity index (χ2v) is 6.85. The quantitative estimate of drug-likeness (QED) is 0.834. The smallest absolute Gasteiger partial charge is 0.175 e. The molecule has 0 aliphatic heterocycles. The molecule has 2 aromatic rings. The molecule has 1 N–H and O–H groups in total. The van der Waals surface area contributed by atoms with E-state index in [0.29, 0.717) is 23.8 Å². The Labute approximate surface area is 125 Å². The van der Waals surface area contributed by atoms with Gasteiger partial charge in [0.2, 0.25) is 0 Å². The number of nitrogens with one attached hydrogen (secondary N) is 1. The van der Waals surface area contributed by atoms with Gasteiger partial charge in [0.15, 0.2) is 9.84 Å². The second kappa shape index (κ2) is 6.63. The number of hydrogen-bond acceptors (Lipinski definition) is 4. The van der Waals surface area contributed by atoms with Crippen LogP contribution in [-0.2, 0) is 9.84 Å². The van der Waals surface area contributed by atoms with Gasteiger partial charge in [0.1, 0.15) is 12.4 Å². The molecule has 5 heteroatoms. The number of hydrogen-bond donors (Lipinski definition) is 1. The third-order valence-corrected chi connectivity index (χ3v) is 4.21. The molecule has 0 amide bonds. The molecule has 0 radical (unpaired) electrons. The van der Waals surface area contributed by atoms with E-state index >= 15 is 0 Å². The first-order valence-electron chi connectivity index (χ1n) is 6.69. The predicted octanol–water partition coefficient (Wildman–Crippen LogP) is 2.89. The molecular formula is C16H19NO3S. The largest absolute Gasteiger partial charge is 0.492 e. The summed E-state index contributed by atoms with van der Waals surface area (Å²) >= 11 is 0. The summed E-state index contributed by atoms with van der Waals surface area (Å²) in [5.74, 6) is 0.661. The molecule has 0 fully saturated rings. The van der Waals surface area contributed by atoms with Crippen LogP contribution in [0.3, 0.4) is 0 Å². The molecule has 0 aliphatic carbocycles. The molecule has 21 heavy (non-hydrogen) atoms. The van der Waals surface area contributed by atoms with Gasteiger partial charge < -0.3 is 10.1 Å². The number of aryl methyl sites for hydroxylation is 1. The summed E-state index contributed by atoms with van der Waals surface area (Å²) in [7, 11) is -3.15. The third kappa shape index (κ3) is 4.49. The molecule has 112 valence electrons. The molecule has 0 atom stereocenters. The van der Waals surface area contributed by atoms with Crippen LogP contribution >= 0.6 is 0 Å². The first-order chi connectivity index (χ1) is 9.97. The van der Waals surface area contributed by atoms with Gasteiger partial charge in [-0.15, -0.1) is 0 Å². The summed E-state index contributed by atoms with van der Waals surface area (Å²) in [5.41, 5.74) is 2.28. The summed E-state index contributed by atoms with van der Waals surface area (Å²) in [6, 6.07) is 14.5. The molecule has 0 unspecified atom stereocenters. The van der Waals surface area contributed by atoms with Crippen LogP contribution in [0.15, 0.2) is 53.4 Å². The molecule has 0 saturated heterocycles. The van der Waals surface area contributed by atoms with Crippen molar-refractivity contribution in [3.8, 4) is 5.75 Å². The fourth-order valence-corrected chi connectivity index (χ4v) is 2.54. The van der Waals surface area contributed by atoms with Crippen molar-refractivity contribution in [2.75, 3.05) is 24.7 Å². The van der Waals surface area contributed by atoms with E-state index in [1.807, 2.05) is 31.2 Å². The van der Waals surface area contributed by atoms with Gasteiger partial charge in [0, 0.05) is 18.5 Å². The standard InChI is InChI=1S/C16H19NO3S/c1-13-5-3-4-6-16(13)17-11-12-20-14-7-9-15(10-8-14)21(2,18)19/h3-10,17H,11-12H2,1-2H3. The SMILES string of the molecule is Cc1ccccc1NCCOc1ccc(S(C)(=O)=O)cc1. The Kier molecular flexibility index (Phi) is 4.85. The fraction of sp³-hybridized carbons (Fsp3) is 0.250. The summed E-state index contributed by atoms with van der Waals surface area (Å²) in [4.78, 5) is 0.299. The Morgan fingerprint density at radius 3 is 2.33 bits per heavy atom. The summed E-state index contributed by atoms with van der Waals surface area (Å²) < 4.78 is 28.3. The Balaban J connectivity index is 1.83. The Bertz CT molecular complexity index is 694. The molecule has 4 nitrogen and oxygen atoms in total. The Morgan fingerprint density at radius 1 is 1.05 bits per heavy atom. The molecule has 0 aliphatic rings. The molecular weight excluding hydrogens is 286 g/mol. The average Bonchev–Trinajstić information content (AvgIpc) is 2.45. The highest BCUT2D eigenvalue weighted by Gasteiger charge is 2.06. The summed E-state index contributed by atoms with van der Waals surface area (Å²) in [6.45, 7) is 3.23. The van der Waals surface area contributed by atoms with Crippen molar-refractivity contribution in [2.45, 2.75) is 11.8 Å². The number of sulfone groups is 1. The summed E-state index contributed by atoms with van der Waals surface area (Å²) in [6.07, 6.45) is 1.19. The molecule has 0 aromatic heterocycles. The van der Waals surface area contributed by atoms with E-state index < -0.39 is 9.84 Å². The zero-order chi connectivity index (χ0) is 15.3. The molecule has 0 spiro atoms. The van der Waals surface area contributed by atoms with E-state index in [0.717, 1.165) is 5.69 Å². The monoisotopic (exact) mass is 305 g/mol. The maximum atomic E-state index is 11.3. The Hall–Kier alpha value is -2.01. The highest BCUT2D eigenvalue weighted by Crippen LogP contribution is 2.16. The maximum absolute atomic E-state index is 11.3. The zero-order valence-electron chi connectivity index (χ0n) is 12.2. The van der Waals surface area contributed by atoms with Gasteiger partial charge in [-0.05, 0) is 42.8 Å². The normalized spacial score (nSPS) is 11.1. The van der Waals surface area contributed by atoms with E-state index in [1.54, 1.807) is 24.3 Å². The van der Waals surface area contributed by atoms with Crippen LogP contribution in [0.2, 0.25) is 0 Å². The van der Waals surface area contributed by atoms with Crippen LogP contribution in [0.25, 0.3) is 0 Å².